The lowest BCUT2D eigenvalue weighted by atomic mass is 10.1. The number of rotatable bonds is 6. The van der Waals surface area contributed by atoms with Crippen molar-refractivity contribution in [3.8, 4) is 12.1 Å². The molecule has 1 N–H and O–H groups in total. The lowest BCUT2D eigenvalue weighted by molar-refractivity contribution is -0.131. The number of hydrogen-bond donors (Lipinski definition) is 1. The van der Waals surface area contributed by atoms with Crippen molar-refractivity contribution >= 4 is 12.0 Å². The molecule has 0 saturated carbocycles. The summed E-state index contributed by atoms with van der Waals surface area (Å²) in [4.78, 5) is 12.1. The average Bonchev–Trinajstić information content (AvgIpc) is 2.37. The Balaban J connectivity index is 2.79. The minimum Gasteiger partial charge on any atom is -0.478 e. The van der Waals surface area contributed by atoms with E-state index in [1.807, 2.05) is 30.3 Å². The van der Waals surface area contributed by atoms with Gasteiger partial charge in [-0.05, 0) is 17.2 Å². The molecule has 0 unspecified atom stereocenters. The summed E-state index contributed by atoms with van der Waals surface area (Å²) in [6.45, 7) is 0.849. The van der Waals surface area contributed by atoms with Crippen LogP contribution in [0.1, 0.15) is 11.1 Å². The van der Waals surface area contributed by atoms with E-state index in [0.29, 0.717) is 6.54 Å². The molecule has 0 bridgehead atoms. The van der Waals surface area contributed by atoms with E-state index in [2.05, 4.69) is 0 Å². The van der Waals surface area contributed by atoms with Crippen LogP contribution in [-0.2, 0) is 11.3 Å². The highest BCUT2D eigenvalue weighted by atomic mass is 16.4. The Kier molecular flexibility index (Phi) is 5.81. The molecule has 0 saturated heterocycles. The van der Waals surface area contributed by atoms with Crippen LogP contribution in [0.4, 0.5) is 0 Å². The monoisotopic (exact) mass is 255 g/mol. The molecule has 1 rings (SSSR count). The van der Waals surface area contributed by atoms with Gasteiger partial charge in [0.15, 0.2) is 0 Å². The van der Waals surface area contributed by atoms with Crippen LogP contribution in [0.2, 0.25) is 0 Å². The minimum absolute atomic E-state index is 0.183. The minimum atomic E-state index is -0.999. The smallest absolute Gasteiger partial charge is 0.328 e. The SMILES string of the molecule is N#CCN(CC#N)Cc1cccc(/C=C/C(=O)O)c1. The predicted octanol–water partition coefficient (Wildman–Crippen LogP) is 1.63. The summed E-state index contributed by atoms with van der Waals surface area (Å²) in [5.41, 5.74) is 1.70. The van der Waals surface area contributed by atoms with Gasteiger partial charge in [0.05, 0.1) is 25.2 Å². The molecule has 0 aliphatic carbocycles. The lowest BCUT2D eigenvalue weighted by Gasteiger charge is -2.15. The van der Waals surface area contributed by atoms with Crippen molar-refractivity contribution in [2.24, 2.45) is 0 Å². The molecular formula is C14H13N3O2. The Hall–Kier alpha value is -2.63. The van der Waals surface area contributed by atoms with Crippen LogP contribution in [0.25, 0.3) is 6.08 Å². The summed E-state index contributed by atoms with van der Waals surface area (Å²) in [5, 5.41) is 25.9. The van der Waals surface area contributed by atoms with E-state index >= 15 is 0 Å². The van der Waals surface area contributed by atoms with Gasteiger partial charge in [0.2, 0.25) is 0 Å². The third kappa shape index (κ3) is 5.49. The first kappa shape index (κ1) is 14.4. The number of benzene rings is 1. The molecule has 0 atom stereocenters. The van der Waals surface area contributed by atoms with Gasteiger partial charge < -0.3 is 5.11 Å². The summed E-state index contributed by atoms with van der Waals surface area (Å²) in [7, 11) is 0. The second-order valence-corrected chi connectivity index (χ2v) is 3.88. The van der Waals surface area contributed by atoms with Gasteiger partial charge in [0.25, 0.3) is 0 Å². The number of aliphatic carboxylic acids is 1. The summed E-state index contributed by atoms with van der Waals surface area (Å²) < 4.78 is 0. The molecule has 0 aromatic heterocycles. The topological polar surface area (TPSA) is 88.1 Å². The van der Waals surface area contributed by atoms with Crippen molar-refractivity contribution in [1.82, 2.24) is 4.90 Å². The average molecular weight is 255 g/mol. The molecule has 1 aromatic rings. The first-order valence-electron chi connectivity index (χ1n) is 5.62. The van der Waals surface area contributed by atoms with Crippen LogP contribution in [0.15, 0.2) is 30.3 Å². The van der Waals surface area contributed by atoms with Crippen LogP contribution in [0.5, 0.6) is 0 Å². The molecule has 0 radical (unpaired) electrons. The van der Waals surface area contributed by atoms with Crippen molar-refractivity contribution in [2.75, 3.05) is 13.1 Å². The third-order valence-electron chi connectivity index (χ3n) is 2.36. The molecule has 5 nitrogen and oxygen atoms in total. The Morgan fingerprint density at radius 2 is 2.00 bits per heavy atom. The second-order valence-electron chi connectivity index (χ2n) is 3.88. The van der Waals surface area contributed by atoms with E-state index in [0.717, 1.165) is 17.2 Å². The van der Waals surface area contributed by atoms with E-state index in [1.165, 1.54) is 6.08 Å². The predicted molar refractivity (Wildman–Crippen MR) is 69.6 cm³/mol. The van der Waals surface area contributed by atoms with Crippen molar-refractivity contribution < 1.29 is 9.90 Å². The quantitative estimate of drug-likeness (QED) is 0.616. The molecule has 1 aromatic carbocycles. The largest absolute Gasteiger partial charge is 0.478 e. The molecular weight excluding hydrogens is 242 g/mol. The van der Waals surface area contributed by atoms with Gasteiger partial charge in [-0.2, -0.15) is 10.5 Å². The Bertz CT molecular complexity index is 537. The number of nitrogens with zero attached hydrogens (tertiary/aromatic N) is 3. The van der Waals surface area contributed by atoms with E-state index in [4.69, 9.17) is 15.6 Å². The zero-order valence-electron chi connectivity index (χ0n) is 10.3. The lowest BCUT2D eigenvalue weighted by Crippen LogP contribution is -2.23. The highest BCUT2D eigenvalue weighted by molar-refractivity contribution is 5.85. The van der Waals surface area contributed by atoms with Crippen LogP contribution >= 0.6 is 0 Å². The maximum Gasteiger partial charge on any atom is 0.328 e. The molecule has 0 fully saturated rings. The Morgan fingerprint density at radius 1 is 1.32 bits per heavy atom. The van der Waals surface area contributed by atoms with Crippen LogP contribution < -0.4 is 0 Å². The highest BCUT2D eigenvalue weighted by Gasteiger charge is 2.04. The van der Waals surface area contributed by atoms with Gasteiger partial charge >= 0.3 is 5.97 Å². The Morgan fingerprint density at radius 3 is 2.58 bits per heavy atom. The summed E-state index contributed by atoms with van der Waals surface area (Å²) in [6.07, 6.45) is 2.58. The maximum absolute atomic E-state index is 10.4. The van der Waals surface area contributed by atoms with E-state index in [1.54, 1.807) is 11.0 Å². The second kappa shape index (κ2) is 7.65. The van der Waals surface area contributed by atoms with Crippen molar-refractivity contribution in [3.63, 3.8) is 0 Å². The van der Waals surface area contributed by atoms with Gasteiger partial charge in [0.1, 0.15) is 0 Å². The standard InChI is InChI=1S/C14H13N3O2/c15-6-8-17(9-7-16)11-13-3-1-2-12(10-13)4-5-14(18)19/h1-5,10H,8-9,11H2,(H,18,19)/b5-4+. The van der Waals surface area contributed by atoms with Crippen molar-refractivity contribution in [2.45, 2.75) is 6.54 Å². The molecule has 96 valence electrons. The number of carboxylic acid groups (broad SMARTS) is 1. The molecule has 0 spiro atoms. The molecule has 0 aliphatic heterocycles. The maximum atomic E-state index is 10.4. The highest BCUT2D eigenvalue weighted by Crippen LogP contribution is 2.09. The van der Waals surface area contributed by atoms with Gasteiger partial charge in [0, 0.05) is 12.6 Å². The van der Waals surface area contributed by atoms with E-state index < -0.39 is 5.97 Å². The van der Waals surface area contributed by atoms with Gasteiger partial charge in [-0.15, -0.1) is 0 Å². The van der Waals surface area contributed by atoms with Crippen LogP contribution in [0.3, 0.4) is 0 Å². The van der Waals surface area contributed by atoms with Crippen molar-refractivity contribution in [1.29, 1.82) is 10.5 Å². The third-order valence-corrected chi connectivity index (χ3v) is 2.36. The van der Waals surface area contributed by atoms with Gasteiger partial charge in [-0.25, -0.2) is 4.79 Å². The fourth-order valence-electron chi connectivity index (χ4n) is 1.59. The zero-order valence-corrected chi connectivity index (χ0v) is 10.3. The summed E-state index contributed by atoms with van der Waals surface area (Å²) in [6, 6.07) is 11.3. The van der Waals surface area contributed by atoms with E-state index in [-0.39, 0.29) is 13.1 Å². The molecule has 5 heteroatoms. The zero-order chi connectivity index (χ0) is 14.1. The van der Waals surface area contributed by atoms with Gasteiger partial charge in [-0.3, -0.25) is 4.90 Å². The fraction of sp³-hybridized carbons (Fsp3) is 0.214. The van der Waals surface area contributed by atoms with Crippen LogP contribution in [0, 0.1) is 22.7 Å². The summed E-state index contributed by atoms with van der Waals surface area (Å²) >= 11 is 0. The van der Waals surface area contributed by atoms with Crippen LogP contribution in [-0.4, -0.2) is 29.1 Å². The molecule has 19 heavy (non-hydrogen) atoms. The summed E-state index contributed by atoms with van der Waals surface area (Å²) in [5.74, 6) is -0.999. The number of carboxylic acids is 1. The van der Waals surface area contributed by atoms with Gasteiger partial charge in [-0.1, -0.05) is 24.3 Å². The number of nitriles is 2. The molecule has 0 aliphatic rings. The molecule has 0 amide bonds. The first-order chi connectivity index (χ1) is 9.15. The Labute approximate surface area is 111 Å². The number of hydrogen-bond acceptors (Lipinski definition) is 4. The first-order valence-corrected chi connectivity index (χ1v) is 5.62. The van der Waals surface area contributed by atoms with E-state index in [9.17, 15) is 4.79 Å². The molecule has 0 heterocycles. The normalized spacial score (nSPS) is 10.3. The van der Waals surface area contributed by atoms with Crippen molar-refractivity contribution in [3.05, 3.63) is 41.5 Å². The number of carbonyl (C=O) groups is 1. The fourth-order valence-corrected chi connectivity index (χ4v) is 1.59.